The molecular weight excluding hydrogens is 292 g/mol. The molecule has 2 aliphatic rings. The summed E-state index contributed by atoms with van der Waals surface area (Å²) in [7, 11) is 0. The van der Waals surface area contributed by atoms with Crippen molar-refractivity contribution in [1.82, 2.24) is 10.6 Å². The number of carbonyl (C=O) groups is 1. The van der Waals surface area contributed by atoms with Crippen molar-refractivity contribution in [3.05, 3.63) is 29.3 Å². The lowest BCUT2D eigenvalue weighted by Crippen LogP contribution is -2.53. The van der Waals surface area contributed by atoms with Gasteiger partial charge in [-0.3, -0.25) is 15.1 Å². The zero-order chi connectivity index (χ0) is 16.7. The van der Waals surface area contributed by atoms with Gasteiger partial charge >= 0.3 is 0 Å². The molecule has 2 heterocycles. The van der Waals surface area contributed by atoms with Crippen LogP contribution in [0.2, 0.25) is 0 Å². The molecule has 0 saturated carbocycles. The number of aliphatic imine (C=N–C) groups is 1. The van der Waals surface area contributed by atoms with Gasteiger partial charge in [0.2, 0.25) is 0 Å². The van der Waals surface area contributed by atoms with E-state index in [9.17, 15) is 10.1 Å². The Labute approximate surface area is 135 Å². The van der Waals surface area contributed by atoms with Gasteiger partial charge in [0.1, 0.15) is 11.4 Å². The number of nitrogens with one attached hydrogen (secondary N) is 2. The molecule has 1 fully saturated rings. The van der Waals surface area contributed by atoms with Gasteiger partial charge in [-0.15, -0.1) is 0 Å². The van der Waals surface area contributed by atoms with Crippen molar-refractivity contribution >= 4 is 11.9 Å². The third-order valence-corrected chi connectivity index (χ3v) is 4.09. The summed E-state index contributed by atoms with van der Waals surface area (Å²) in [5.74, 6) is 0.961. The second-order valence-electron chi connectivity index (χ2n) is 6.58. The monoisotopic (exact) mass is 312 g/mol. The molecule has 1 unspecified atom stereocenters. The van der Waals surface area contributed by atoms with Crippen molar-refractivity contribution in [2.24, 2.45) is 4.99 Å². The zero-order valence-corrected chi connectivity index (χ0v) is 13.6. The summed E-state index contributed by atoms with van der Waals surface area (Å²) >= 11 is 0. The van der Waals surface area contributed by atoms with Crippen LogP contribution in [0.3, 0.4) is 0 Å². The number of nitriles is 1. The molecule has 1 amide bonds. The predicted octanol–water partition coefficient (Wildman–Crippen LogP) is 1.80. The number of amides is 1. The molecule has 1 aromatic carbocycles. The highest BCUT2D eigenvalue weighted by Crippen LogP contribution is 2.45. The average Bonchev–Trinajstić information content (AvgIpc) is 2.80. The molecule has 2 aliphatic heterocycles. The molecule has 1 aromatic rings. The number of fused-ring (bicyclic) bond motifs is 2. The predicted molar refractivity (Wildman–Crippen MR) is 86.0 cm³/mol. The number of nitrogens with zero attached hydrogens (tertiary/aromatic N) is 2. The van der Waals surface area contributed by atoms with Crippen LogP contribution in [0.1, 0.15) is 44.7 Å². The van der Waals surface area contributed by atoms with Crippen molar-refractivity contribution in [3.8, 4) is 11.8 Å². The first-order valence-electron chi connectivity index (χ1n) is 7.78. The smallest absolute Gasteiger partial charge is 0.257 e. The van der Waals surface area contributed by atoms with Crippen LogP contribution < -0.4 is 15.4 Å². The fraction of sp³-hybridized carbons (Fsp3) is 0.471. The number of benzene rings is 1. The zero-order valence-electron chi connectivity index (χ0n) is 13.6. The minimum atomic E-state index is -0.948. The Kier molecular flexibility index (Phi) is 3.52. The summed E-state index contributed by atoms with van der Waals surface area (Å²) < 4.78 is 6.00. The molecule has 120 valence electrons. The van der Waals surface area contributed by atoms with E-state index in [1.807, 2.05) is 20.8 Å². The summed E-state index contributed by atoms with van der Waals surface area (Å²) in [6, 6.07) is 7.30. The Morgan fingerprint density at radius 2 is 2.22 bits per heavy atom. The summed E-state index contributed by atoms with van der Waals surface area (Å²) in [6.45, 7) is 6.57. The van der Waals surface area contributed by atoms with Gasteiger partial charge in [0.15, 0.2) is 11.5 Å². The van der Waals surface area contributed by atoms with Crippen LogP contribution in [0.25, 0.3) is 0 Å². The van der Waals surface area contributed by atoms with Crippen molar-refractivity contribution in [2.45, 2.75) is 44.8 Å². The van der Waals surface area contributed by atoms with E-state index in [4.69, 9.17) is 4.74 Å². The number of guanidine groups is 1. The number of carbonyl (C=O) groups excluding carboxylic acids is 1. The first kappa shape index (κ1) is 15.3. The maximum Gasteiger partial charge on any atom is 0.257 e. The highest BCUT2D eigenvalue weighted by atomic mass is 16.5. The highest BCUT2D eigenvalue weighted by Gasteiger charge is 2.54. The fourth-order valence-electron chi connectivity index (χ4n) is 3.21. The molecule has 6 heteroatoms. The second kappa shape index (κ2) is 5.27. The molecule has 0 aromatic heterocycles. The van der Waals surface area contributed by atoms with Crippen molar-refractivity contribution in [1.29, 1.82) is 5.26 Å². The van der Waals surface area contributed by atoms with Crippen molar-refractivity contribution in [3.63, 3.8) is 0 Å². The van der Waals surface area contributed by atoms with E-state index in [1.54, 1.807) is 18.2 Å². The van der Waals surface area contributed by atoms with Gasteiger partial charge in [-0.1, -0.05) is 6.92 Å². The minimum absolute atomic E-state index is 0.153. The maximum atomic E-state index is 12.8. The Hall–Kier alpha value is -2.55. The topological polar surface area (TPSA) is 86.5 Å². The molecule has 0 aliphatic carbocycles. The molecule has 1 atom stereocenters. The van der Waals surface area contributed by atoms with E-state index in [0.717, 1.165) is 6.42 Å². The van der Waals surface area contributed by atoms with Crippen LogP contribution in [-0.2, 0) is 10.3 Å². The molecule has 3 rings (SSSR count). The fourth-order valence-corrected chi connectivity index (χ4v) is 3.21. The normalized spacial score (nSPS) is 26.2. The van der Waals surface area contributed by atoms with Gasteiger partial charge in [-0.25, -0.2) is 0 Å². The summed E-state index contributed by atoms with van der Waals surface area (Å²) in [5.41, 5.74) is -0.266. The Balaban J connectivity index is 2.12. The maximum absolute atomic E-state index is 12.8. The van der Waals surface area contributed by atoms with Crippen molar-refractivity contribution < 1.29 is 9.53 Å². The van der Waals surface area contributed by atoms with Gasteiger partial charge in [0.25, 0.3) is 5.91 Å². The number of rotatable bonds is 2. The van der Waals surface area contributed by atoms with Crippen molar-refractivity contribution in [2.75, 3.05) is 6.54 Å². The molecule has 6 nitrogen and oxygen atoms in total. The van der Waals surface area contributed by atoms with E-state index in [1.165, 1.54) is 0 Å². The second-order valence-corrected chi connectivity index (χ2v) is 6.58. The van der Waals surface area contributed by atoms with Crippen LogP contribution in [0, 0.1) is 11.3 Å². The lowest BCUT2D eigenvalue weighted by atomic mass is 9.77. The van der Waals surface area contributed by atoms with E-state index >= 15 is 0 Å². The Morgan fingerprint density at radius 3 is 2.91 bits per heavy atom. The quantitative estimate of drug-likeness (QED) is 0.872. The van der Waals surface area contributed by atoms with Crippen LogP contribution >= 0.6 is 0 Å². The van der Waals surface area contributed by atoms with Crippen LogP contribution in [-0.4, -0.2) is 24.0 Å². The number of hydrogen-bond acceptors (Lipinski definition) is 4. The molecular formula is C17H20N4O2. The van der Waals surface area contributed by atoms with Crippen LogP contribution in [0.4, 0.5) is 0 Å². The lowest BCUT2D eigenvalue weighted by molar-refractivity contribution is -0.127. The molecule has 23 heavy (non-hydrogen) atoms. The first-order valence-corrected chi connectivity index (χ1v) is 7.78. The van der Waals surface area contributed by atoms with E-state index in [0.29, 0.717) is 35.8 Å². The largest absolute Gasteiger partial charge is 0.487 e. The molecule has 2 N–H and O–H groups in total. The summed E-state index contributed by atoms with van der Waals surface area (Å²) in [4.78, 5) is 17.2. The molecule has 1 spiro atoms. The average molecular weight is 312 g/mol. The van der Waals surface area contributed by atoms with Gasteiger partial charge in [-0.05, 0) is 38.5 Å². The number of ether oxygens (including phenoxy) is 1. The standard InChI is InChI=1S/C17H20N4O2/c1-4-7-19-15-20-14(22)17(21-15)10-16(2,3)23-13-6-5-11(9-18)8-12(13)17/h5-6,8H,4,7,10H2,1-3H3,(H2,19,20,21,22). The van der Waals surface area contributed by atoms with Crippen LogP contribution in [0.5, 0.6) is 5.75 Å². The summed E-state index contributed by atoms with van der Waals surface area (Å²) in [6.07, 6.45) is 1.36. The van der Waals surface area contributed by atoms with Gasteiger partial charge < -0.3 is 10.1 Å². The Bertz CT molecular complexity index is 733. The highest BCUT2D eigenvalue weighted by molar-refractivity contribution is 6.10. The molecule has 0 bridgehead atoms. The number of hydrogen-bond donors (Lipinski definition) is 2. The van der Waals surface area contributed by atoms with Gasteiger partial charge in [0, 0.05) is 18.5 Å². The third kappa shape index (κ3) is 2.52. The third-order valence-electron chi connectivity index (χ3n) is 4.09. The SMILES string of the molecule is CCCN=C1NC(=O)C2(CC(C)(C)Oc3ccc(C#N)cc32)N1. The lowest BCUT2D eigenvalue weighted by Gasteiger charge is -2.42. The molecule has 1 saturated heterocycles. The van der Waals surface area contributed by atoms with E-state index < -0.39 is 11.1 Å². The molecule has 0 radical (unpaired) electrons. The van der Waals surface area contributed by atoms with Gasteiger partial charge in [-0.2, -0.15) is 5.26 Å². The van der Waals surface area contributed by atoms with E-state index in [-0.39, 0.29) is 5.91 Å². The Morgan fingerprint density at radius 1 is 1.43 bits per heavy atom. The minimum Gasteiger partial charge on any atom is -0.487 e. The van der Waals surface area contributed by atoms with Crippen LogP contribution in [0.15, 0.2) is 23.2 Å². The van der Waals surface area contributed by atoms with Gasteiger partial charge in [0.05, 0.1) is 11.6 Å². The summed E-state index contributed by atoms with van der Waals surface area (Å²) in [5, 5.41) is 15.3. The first-order chi connectivity index (χ1) is 10.9. The van der Waals surface area contributed by atoms with E-state index in [2.05, 4.69) is 21.7 Å².